The average molecular weight is 339 g/mol. The molecule has 0 aromatic heterocycles. The fourth-order valence-corrected chi connectivity index (χ4v) is 5.02. The Morgan fingerprint density at radius 3 is 2.50 bits per heavy atom. The quantitative estimate of drug-likeness (QED) is 0.661. The summed E-state index contributed by atoms with van der Waals surface area (Å²) in [6.45, 7) is 9.01. The molecule has 1 aromatic rings. The molecule has 0 unspecified atom stereocenters. The predicted octanol–water partition coefficient (Wildman–Crippen LogP) is 4.14. The SMILES string of the molecule is CN(CCP(C)C)CC1(SCc2ccccc2)CCOCC1. The summed E-state index contributed by atoms with van der Waals surface area (Å²) in [4.78, 5) is 2.55. The van der Waals surface area contributed by atoms with Crippen molar-refractivity contribution < 1.29 is 4.74 Å². The van der Waals surface area contributed by atoms with Crippen LogP contribution in [-0.2, 0) is 10.5 Å². The van der Waals surface area contributed by atoms with Crippen molar-refractivity contribution in [3.63, 3.8) is 0 Å². The second kappa shape index (κ2) is 9.27. The predicted molar refractivity (Wildman–Crippen MR) is 102 cm³/mol. The molecule has 1 aliphatic heterocycles. The Bertz CT molecular complexity index is 420. The highest BCUT2D eigenvalue weighted by atomic mass is 32.2. The smallest absolute Gasteiger partial charge is 0.0479 e. The van der Waals surface area contributed by atoms with Crippen LogP contribution in [0.4, 0.5) is 0 Å². The first-order valence-electron chi connectivity index (χ1n) is 8.19. The first-order valence-corrected chi connectivity index (χ1v) is 11.6. The molecule has 22 heavy (non-hydrogen) atoms. The molecule has 2 nitrogen and oxygen atoms in total. The number of hydrogen-bond acceptors (Lipinski definition) is 3. The Labute approximate surface area is 141 Å². The molecule has 124 valence electrons. The number of hydrogen-bond donors (Lipinski definition) is 0. The van der Waals surface area contributed by atoms with E-state index in [4.69, 9.17) is 4.74 Å². The van der Waals surface area contributed by atoms with Crippen LogP contribution in [0.15, 0.2) is 30.3 Å². The van der Waals surface area contributed by atoms with Gasteiger partial charge in [-0.1, -0.05) is 30.3 Å². The molecular weight excluding hydrogens is 309 g/mol. The molecule has 1 heterocycles. The molecule has 0 amide bonds. The summed E-state index contributed by atoms with van der Waals surface area (Å²) < 4.78 is 6.00. The summed E-state index contributed by atoms with van der Waals surface area (Å²) in [5.74, 6) is 1.11. The average Bonchev–Trinajstić information content (AvgIpc) is 2.53. The van der Waals surface area contributed by atoms with Gasteiger partial charge in [0, 0.05) is 36.8 Å². The van der Waals surface area contributed by atoms with Crippen LogP contribution >= 0.6 is 19.7 Å². The summed E-state index contributed by atoms with van der Waals surface area (Å²) in [5.41, 5.74) is 1.44. The van der Waals surface area contributed by atoms with Crippen LogP contribution in [0.2, 0.25) is 0 Å². The van der Waals surface area contributed by atoms with Crippen molar-refractivity contribution in [1.82, 2.24) is 4.90 Å². The van der Waals surface area contributed by atoms with Crippen molar-refractivity contribution in [3.8, 4) is 0 Å². The second-order valence-corrected chi connectivity index (χ2v) is 10.7. The van der Waals surface area contributed by atoms with Gasteiger partial charge in [0.2, 0.25) is 0 Å². The molecule has 1 aliphatic rings. The van der Waals surface area contributed by atoms with Gasteiger partial charge >= 0.3 is 0 Å². The van der Waals surface area contributed by atoms with Crippen LogP contribution in [0.3, 0.4) is 0 Å². The fraction of sp³-hybridized carbons (Fsp3) is 0.667. The van der Waals surface area contributed by atoms with Gasteiger partial charge in [-0.15, -0.1) is 19.7 Å². The minimum absolute atomic E-state index is 0.210. The van der Waals surface area contributed by atoms with Crippen molar-refractivity contribution in [2.75, 3.05) is 52.8 Å². The molecule has 1 fully saturated rings. The van der Waals surface area contributed by atoms with E-state index in [1.807, 2.05) is 0 Å². The molecule has 0 N–H and O–H groups in total. The van der Waals surface area contributed by atoms with E-state index in [2.05, 4.69) is 67.4 Å². The van der Waals surface area contributed by atoms with Crippen molar-refractivity contribution in [3.05, 3.63) is 35.9 Å². The van der Waals surface area contributed by atoms with Gasteiger partial charge in [-0.3, -0.25) is 0 Å². The summed E-state index contributed by atoms with van der Waals surface area (Å²) in [7, 11) is 2.50. The van der Waals surface area contributed by atoms with Crippen molar-refractivity contribution >= 4 is 19.7 Å². The Hall–Kier alpha value is -0.0800. The first-order chi connectivity index (χ1) is 10.6. The van der Waals surface area contributed by atoms with E-state index in [-0.39, 0.29) is 7.92 Å². The van der Waals surface area contributed by atoms with E-state index in [9.17, 15) is 0 Å². The van der Waals surface area contributed by atoms with E-state index in [0.717, 1.165) is 19.0 Å². The third-order valence-corrected chi connectivity index (χ3v) is 7.00. The summed E-state index contributed by atoms with van der Waals surface area (Å²) in [6.07, 6.45) is 3.71. The lowest BCUT2D eigenvalue weighted by atomic mass is 9.98. The van der Waals surface area contributed by atoms with Gasteiger partial charge in [0.25, 0.3) is 0 Å². The molecule has 1 saturated heterocycles. The molecule has 2 rings (SSSR count). The number of rotatable bonds is 8. The summed E-state index contributed by atoms with van der Waals surface area (Å²) >= 11 is 2.14. The second-order valence-electron chi connectivity index (χ2n) is 6.61. The zero-order valence-corrected chi connectivity index (χ0v) is 16.0. The molecule has 0 aliphatic carbocycles. The highest BCUT2D eigenvalue weighted by Gasteiger charge is 2.34. The highest BCUT2D eigenvalue weighted by molar-refractivity contribution is 7.99. The molecule has 0 radical (unpaired) electrons. The van der Waals surface area contributed by atoms with Crippen molar-refractivity contribution in [1.29, 1.82) is 0 Å². The Balaban J connectivity index is 1.91. The van der Waals surface area contributed by atoms with Gasteiger partial charge in [0.15, 0.2) is 0 Å². The lowest BCUT2D eigenvalue weighted by Crippen LogP contribution is -2.44. The maximum absolute atomic E-state index is 5.63. The van der Waals surface area contributed by atoms with Crippen LogP contribution in [0, 0.1) is 0 Å². The summed E-state index contributed by atoms with van der Waals surface area (Å²) in [5, 5.41) is 0. The first kappa shape index (κ1) is 18.3. The minimum atomic E-state index is 0.210. The maximum atomic E-state index is 5.63. The third-order valence-electron chi connectivity index (χ3n) is 4.28. The number of ether oxygens (including phenoxy) is 1. The lowest BCUT2D eigenvalue weighted by molar-refractivity contribution is 0.0687. The van der Waals surface area contributed by atoms with E-state index < -0.39 is 0 Å². The van der Waals surface area contributed by atoms with Crippen molar-refractivity contribution in [2.24, 2.45) is 0 Å². The molecule has 0 atom stereocenters. The fourth-order valence-electron chi connectivity index (χ4n) is 2.84. The van der Waals surface area contributed by atoms with Gasteiger partial charge < -0.3 is 9.64 Å². The largest absolute Gasteiger partial charge is 0.381 e. The molecule has 0 spiro atoms. The zero-order chi connectivity index (χ0) is 15.8. The molecule has 0 bridgehead atoms. The molecular formula is C18H30NOPS. The zero-order valence-electron chi connectivity index (χ0n) is 14.3. The van der Waals surface area contributed by atoms with Gasteiger partial charge in [-0.05, 0) is 44.9 Å². The monoisotopic (exact) mass is 339 g/mol. The lowest BCUT2D eigenvalue weighted by Gasteiger charge is -2.39. The summed E-state index contributed by atoms with van der Waals surface area (Å²) in [6, 6.07) is 10.9. The molecule has 0 saturated carbocycles. The van der Waals surface area contributed by atoms with Gasteiger partial charge in [0.1, 0.15) is 0 Å². The Morgan fingerprint density at radius 1 is 1.18 bits per heavy atom. The third kappa shape index (κ3) is 6.20. The Morgan fingerprint density at radius 2 is 1.86 bits per heavy atom. The minimum Gasteiger partial charge on any atom is -0.381 e. The van der Waals surface area contributed by atoms with Crippen LogP contribution in [-0.4, -0.2) is 62.5 Å². The van der Waals surface area contributed by atoms with E-state index in [1.54, 1.807) is 0 Å². The normalized spacial score (nSPS) is 18.0. The van der Waals surface area contributed by atoms with Crippen LogP contribution in [0.5, 0.6) is 0 Å². The Kier molecular flexibility index (Phi) is 7.70. The number of benzene rings is 1. The standard InChI is InChI=1S/C18H30NOPS/c1-19(11-14-21(2)3)16-18(9-12-20-13-10-18)22-15-17-7-5-4-6-8-17/h4-8H,9-16H2,1-3H3. The van der Waals surface area contributed by atoms with Gasteiger partial charge in [-0.2, -0.15) is 0 Å². The topological polar surface area (TPSA) is 12.5 Å². The van der Waals surface area contributed by atoms with Crippen LogP contribution < -0.4 is 0 Å². The maximum Gasteiger partial charge on any atom is 0.0479 e. The van der Waals surface area contributed by atoms with E-state index >= 15 is 0 Å². The van der Waals surface area contributed by atoms with E-state index in [1.165, 1.54) is 37.7 Å². The molecule has 1 aromatic carbocycles. The van der Waals surface area contributed by atoms with Crippen LogP contribution in [0.25, 0.3) is 0 Å². The number of thioether (sulfide) groups is 1. The molecule has 4 heteroatoms. The van der Waals surface area contributed by atoms with Crippen LogP contribution in [0.1, 0.15) is 18.4 Å². The van der Waals surface area contributed by atoms with Crippen molar-refractivity contribution in [2.45, 2.75) is 23.3 Å². The number of nitrogens with zero attached hydrogens (tertiary/aromatic N) is 1. The highest BCUT2D eigenvalue weighted by Crippen LogP contribution is 2.38. The van der Waals surface area contributed by atoms with E-state index in [0.29, 0.717) is 4.75 Å². The van der Waals surface area contributed by atoms with Gasteiger partial charge in [0.05, 0.1) is 0 Å². The van der Waals surface area contributed by atoms with Gasteiger partial charge in [-0.25, -0.2) is 0 Å².